The first-order valence-electron chi connectivity index (χ1n) is 4.58. The van der Waals surface area contributed by atoms with E-state index in [2.05, 4.69) is 0 Å². The molecule has 0 radical (unpaired) electrons. The van der Waals surface area contributed by atoms with Crippen molar-refractivity contribution < 1.29 is 8.78 Å². The van der Waals surface area contributed by atoms with Gasteiger partial charge in [0, 0.05) is 11.4 Å². The van der Waals surface area contributed by atoms with Crippen molar-refractivity contribution in [2.24, 2.45) is 0 Å². The maximum absolute atomic E-state index is 12.7. The van der Waals surface area contributed by atoms with Crippen LogP contribution in [0.3, 0.4) is 0 Å². The van der Waals surface area contributed by atoms with Crippen molar-refractivity contribution >= 4 is 22.4 Å². The number of fused-ring (bicyclic) bond motifs is 1. The Morgan fingerprint density at radius 3 is 2.47 bits per heavy atom. The van der Waals surface area contributed by atoms with Gasteiger partial charge >= 0.3 is 0 Å². The molecule has 15 heavy (non-hydrogen) atoms. The molecule has 3 heteroatoms. The summed E-state index contributed by atoms with van der Waals surface area (Å²) >= 11 is 5.72. The van der Waals surface area contributed by atoms with Gasteiger partial charge in [0.05, 0.1) is 0 Å². The molecule has 0 saturated heterocycles. The van der Waals surface area contributed by atoms with Gasteiger partial charge in [-0.1, -0.05) is 36.4 Å². The van der Waals surface area contributed by atoms with E-state index in [-0.39, 0.29) is 11.4 Å². The molecule has 2 rings (SSSR count). The molecule has 0 saturated carbocycles. The molecule has 2 aromatic rings. The van der Waals surface area contributed by atoms with Gasteiger partial charge in [-0.2, -0.15) is 0 Å². The van der Waals surface area contributed by atoms with Crippen molar-refractivity contribution in [3.63, 3.8) is 0 Å². The van der Waals surface area contributed by atoms with Gasteiger partial charge < -0.3 is 0 Å². The predicted molar refractivity (Wildman–Crippen MR) is 58.5 cm³/mol. The Morgan fingerprint density at radius 2 is 1.80 bits per heavy atom. The van der Waals surface area contributed by atoms with Gasteiger partial charge in [-0.15, -0.1) is 11.6 Å². The van der Waals surface area contributed by atoms with E-state index in [9.17, 15) is 8.78 Å². The molecule has 0 nitrogen and oxygen atoms in total. The molecule has 0 heterocycles. The number of rotatable bonds is 2. The number of halogens is 3. The summed E-state index contributed by atoms with van der Waals surface area (Å²) in [6, 6.07) is 10.6. The molecule has 0 aliphatic rings. The first kappa shape index (κ1) is 10.4. The van der Waals surface area contributed by atoms with Crippen LogP contribution in [0, 0.1) is 0 Å². The maximum Gasteiger partial charge on any atom is 0.264 e. The van der Waals surface area contributed by atoms with Crippen LogP contribution in [0.1, 0.15) is 17.6 Å². The SMILES string of the molecule is FC(F)c1ccc2ccccc2c1CCl. The zero-order valence-electron chi connectivity index (χ0n) is 7.88. The van der Waals surface area contributed by atoms with Crippen LogP contribution in [-0.4, -0.2) is 0 Å². The molecule has 0 N–H and O–H groups in total. The van der Waals surface area contributed by atoms with E-state index in [4.69, 9.17) is 11.6 Å². The van der Waals surface area contributed by atoms with Gasteiger partial charge in [-0.05, 0) is 16.3 Å². The van der Waals surface area contributed by atoms with Crippen LogP contribution in [0.4, 0.5) is 8.78 Å². The van der Waals surface area contributed by atoms with Crippen molar-refractivity contribution in [2.45, 2.75) is 12.3 Å². The normalized spacial score (nSPS) is 11.2. The molecule has 0 bridgehead atoms. The van der Waals surface area contributed by atoms with E-state index in [0.29, 0.717) is 5.56 Å². The molecule has 0 aliphatic heterocycles. The number of benzene rings is 2. The molecule has 0 amide bonds. The van der Waals surface area contributed by atoms with Crippen molar-refractivity contribution in [3.8, 4) is 0 Å². The Morgan fingerprint density at radius 1 is 1.07 bits per heavy atom. The summed E-state index contributed by atoms with van der Waals surface area (Å²) < 4.78 is 25.4. The largest absolute Gasteiger partial charge is 0.264 e. The minimum atomic E-state index is -2.47. The van der Waals surface area contributed by atoms with Crippen molar-refractivity contribution in [1.82, 2.24) is 0 Å². The van der Waals surface area contributed by atoms with Crippen LogP contribution in [0.15, 0.2) is 36.4 Å². The van der Waals surface area contributed by atoms with Crippen molar-refractivity contribution in [1.29, 1.82) is 0 Å². The minimum absolute atomic E-state index is 0.0312. The highest BCUT2D eigenvalue weighted by Crippen LogP contribution is 2.30. The first-order chi connectivity index (χ1) is 7.24. The minimum Gasteiger partial charge on any atom is -0.205 e. The summed E-state index contributed by atoms with van der Waals surface area (Å²) in [4.78, 5) is 0. The van der Waals surface area contributed by atoms with Crippen LogP contribution in [0.5, 0.6) is 0 Å². The van der Waals surface area contributed by atoms with Gasteiger partial charge in [0.15, 0.2) is 0 Å². The molecule has 0 spiro atoms. The van der Waals surface area contributed by atoms with Crippen LogP contribution in [0.2, 0.25) is 0 Å². The predicted octanol–water partition coefficient (Wildman–Crippen LogP) is 4.52. The summed E-state index contributed by atoms with van der Waals surface area (Å²) in [6.45, 7) is 0. The smallest absolute Gasteiger partial charge is 0.205 e. The quantitative estimate of drug-likeness (QED) is 0.661. The monoisotopic (exact) mass is 226 g/mol. The molecule has 78 valence electrons. The molecular weight excluding hydrogens is 218 g/mol. The van der Waals surface area contributed by atoms with Gasteiger partial charge in [-0.25, -0.2) is 8.78 Å². The lowest BCUT2D eigenvalue weighted by molar-refractivity contribution is 0.150. The average Bonchev–Trinajstić information content (AvgIpc) is 2.27. The summed E-state index contributed by atoms with van der Waals surface area (Å²) in [5.41, 5.74) is 0.563. The van der Waals surface area contributed by atoms with Gasteiger partial charge in [0.1, 0.15) is 0 Å². The fourth-order valence-electron chi connectivity index (χ4n) is 1.71. The summed E-state index contributed by atoms with van der Waals surface area (Å²) in [6.07, 6.45) is -2.47. The standard InChI is InChI=1S/C12H9ClF2/c13-7-11-9-4-2-1-3-8(9)5-6-10(11)12(14)15/h1-6,12H,7H2. The van der Waals surface area contributed by atoms with Gasteiger partial charge in [-0.3, -0.25) is 0 Å². The van der Waals surface area contributed by atoms with E-state index in [1.807, 2.05) is 24.3 Å². The molecule has 0 atom stereocenters. The average molecular weight is 227 g/mol. The molecule has 0 unspecified atom stereocenters. The van der Waals surface area contributed by atoms with Crippen LogP contribution in [-0.2, 0) is 5.88 Å². The fraction of sp³-hybridized carbons (Fsp3) is 0.167. The third-order valence-electron chi connectivity index (χ3n) is 2.45. The lowest BCUT2D eigenvalue weighted by atomic mass is 10.0. The Kier molecular flexibility index (Phi) is 2.87. The maximum atomic E-state index is 12.7. The van der Waals surface area contributed by atoms with E-state index in [1.165, 1.54) is 6.07 Å². The fourth-order valence-corrected chi connectivity index (χ4v) is 2.00. The first-order valence-corrected chi connectivity index (χ1v) is 5.12. The highest BCUT2D eigenvalue weighted by atomic mass is 35.5. The number of hydrogen-bond donors (Lipinski definition) is 0. The zero-order chi connectivity index (χ0) is 10.8. The van der Waals surface area contributed by atoms with Crippen molar-refractivity contribution in [2.75, 3.05) is 0 Å². The molecule has 2 aromatic carbocycles. The summed E-state index contributed by atoms with van der Waals surface area (Å²) in [5, 5.41) is 1.75. The number of hydrogen-bond acceptors (Lipinski definition) is 0. The Balaban J connectivity index is 2.75. The van der Waals surface area contributed by atoms with E-state index < -0.39 is 6.43 Å². The second kappa shape index (κ2) is 4.15. The van der Waals surface area contributed by atoms with E-state index in [1.54, 1.807) is 6.07 Å². The van der Waals surface area contributed by atoms with Crippen LogP contribution < -0.4 is 0 Å². The lowest BCUT2D eigenvalue weighted by Crippen LogP contribution is -1.93. The Hall–Kier alpha value is -1.15. The second-order valence-corrected chi connectivity index (χ2v) is 3.56. The third-order valence-corrected chi connectivity index (χ3v) is 2.71. The second-order valence-electron chi connectivity index (χ2n) is 3.29. The van der Waals surface area contributed by atoms with Gasteiger partial charge in [0.25, 0.3) is 6.43 Å². The highest BCUT2D eigenvalue weighted by Gasteiger charge is 2.14. The van der Waals surface area contributed by atoms with E-state index in [0.717, 1.165) is 10.8 Å². The highest BCUT2D eigenvalue weighted by molar-refractivity contribution is 6.18. The topological polar surface area (TPSA) is 0 Å². The molecule has 0 fully saturated rings. The van der Waals surface area contributed by atoms with Crippen LogP contribution >= 0.6 is 11.6 Å². The molecule has 0 aromatic heterocycles. The Bertz CT molecular complexity index is 480. The molecular formula is C12H9ClF2. The third kappa shape index (κ3) is 1.82. The van der Waals surface area contributed by atoms with Crippen LogP contribution in [0.25, 0.3) is 10.8 Å². The summed E-state index contributed by atoms with van der Waals surface area (Å²) in [5.74, 6) is 0.112. The Labute approximate surface area is 91.5 Å². The molecule has 0 aliphatic carbocycles. The lowest BCUT2D eigenvalue weighted by Gasteiger charge is -2.09. The zero-order valence-corrected chi connectivity index (χ0v) is 8.64. The van der Waals surface area contributed by atoms with E-state index >= 15 is 0 Å². The number of alkyl halides is 3. The van der Waals surface area contributed by atoms with Crippen molar-refractivity contribution in [3.05, 3.63) is 47.5 Å². The summed E-state index contributed by atoms with van der Waals surface area (Å²) in [7, 11) is 0. The van der Waals surface area contributed by atoms with Gasteiger partial charge in [0.2, 0.25) is 0 Å².